The highest BCUT2D eigenvalue weighted by atomic mass is 35.5. The summed E-state index contributed by atoms with van der Waals surface area (Å²) in [5, 5.41) is 0.180. The maximum absolute atomic E-state index is 12.0. The lowest BCUT2D eigenvalue weighted by atomic mass is 10.4. The van der Waals surface area contributed by atoms with Crippen molar-refractivity contribution in [2.24, 2.45) is 0 Å². The quantitative estimate of drug-likeness (QED) is 0.934. The van der Waals surface area contributed by atoms with Crippen LogP contribution in [0.5, 0.6) is 0 Å². The molecule has 0 unspecified atom stereocenters. The third-order valence-electron chi connectivity index (χ3n) is 2.39. The van der Waals surface area contributed by atoms with E-state index in [1.165, 1.54) is 18.5 Å². The Balaban J connectivity index is 2.19. The zero-order valence-corrected chi connectivity index (χ0v) is 11.1. The largest absolute Gasteiger partial charge is 0.447 e. The van der Waals surface area contributed by atoms with Gasteiger partial charge < -0.3 is 4.42 Å². The number of aromatic nitrogens is 1. The summed E-state index contributed by atoms with van der Waals surface area (Å²) in [7, 11) is -3.65. The number of hydrogen-bond donors (Lipinski definition) is 1. The number of sulfonamides is 1. The molecule has 7 heteroatoms. The molecule has 2 rings (SSSR count). The van der Waals surface area contributed by atoms with Gasteiger partial charge in [-0.3, -0.25) is 0 Å². The average Bonchev–Trinajstić information content (AvgIpc) is 2.73. The molecule has 0 atom stereocenters. The lowest BCUT2D eigenvalue weighted by Gasteiger charge is -2.06. The molecule has 0 aliphatic heterocycles. The Morgan fingerprint density at radius 1 is 1.39 bits per heavy atom. The maximum Gasteiger partial charge on any atom is 0.242 e. The van der Waals surface area contributed by atoms with Gasteiger partial charge in [0.15, 0.2) is 6.39 Å². The van der Waals surface area contributed by atoms with Crippen LogP contribution in [0, 0.1) is 6.92 Å². The van der Waals surface area contributed by atoms with Gasteiger partial charge in [-0.05, 0) is 19.1 Å². The second kappa shape index (κ2) is 5.09. The molecule has 96 valence electrons. The zero-order chi connectivity index (χ0) is 13.2. The highest BCUT2D eigenvalue weighted by molar-refractivity contribution is 7.89. The second-order valence-electron chi connectivity index (χ2n) is 3.62. The Hall–Kier alpha value is -1.37. The molecule has 0 saturated carbocycles. The van der Waals surface area contributed by atoms with Crippen molar-refractivity contribution in [2.45, 2.75) is 18.4 Å². The smallest absolute Gasteiger partial charge is 0.242 e. The van der Waals surface area contributed by atoms with E-state index < -0.39 is 10.0 Å². The average molecular weight is 287 g/mol. The number of hydrogen-bond acceptors (Lipinski definition) is 4. The van der Waals surface area contributed by atoms with E-state index in [9.17, 15) is 8.42 Å². The molecule has 0 spiro atoms. The number of rotatable bonds is 4. The van der Waals surface area contributed by atoms with Crippen molar-refractivity contribution in [3.05, 3.63) is 47.1 Å². The Labute approximate surface area is 110 Å². The van der Waals surface area contributed by atoms with Gasteiger partial charge in [-0.25, -0.2) is 18.1 Å². The van der Waals surface area contributed by atoms with Gasteiger partial charge in [0.1, 0.15) is 10.7 Å². The number of nitrogens with one attached hydrogen (secondary N) is 1. The fraction of sp³-hybridized carbons (Fsp3) is 0.182. The Kier molecular flexibility index (Phi) is 3.70. The molecule has 0 saturated heterocycles. The van der Waals surface area contributed by atoms with Gasteiger partial charge in [-0.1, -0.05) is 23.7 Å². The first-order chi connectivity index (χ1) is 8.50. The standard InChI is InChI=1S/C11H11ClN2O3S/c1-8-10(17-7-13-8)6-14-18(15,16)11-5-3-2-4-9(11)12/h2-5,7,14H,6H2,1H3. The van der Waals surface area contributed by atoms with Gasteiger partial charge in [-0.2, -0.15) is 0 Å². The first-order valence-electron chi connectivity index (χ1n) is 5.14. The van der Waals surface area contributed by atoms with Crippen molar-refractivity contribution in [3.63, 3.8) is 0 Å². The van der Waals surface area contributed by atoms with Crippen LogP contribution in [0.3, 0.4) is 0 Å². The lowest BCUT2D eigenvalue weighted by molar-refractivity contribution is 0.492. The fourth-order valence-electron chi connectivity index (χ4n) is 1.40. The number of nitrogens with zero attached hydrogens (tertiary/aromatic N) is 1. The minimum atomic E-state index is -3.65. The van der Waals surface area contributed by atoms with Crippen molar-refractivity contribution >= 4 is 21.6 Å². The van der Waals surface area contributed by atoms with Crippen LogP contribution in [-0.4, -0.2) is 13.4 Å². The lowest BCUT2D eigenvalue weighted by Crippen LogP contribution is -2.23. The molecule has 1 N–H and O–H groups in total. The molecule has 5 nitrogen and oxygen atoms in total. The maximum atomic E-state index is 12.0. The van der Waals surface area contributed by atoms with Gasteiger partial charge in [-0.15, -0.1) is 0 Å². The molecular formula is C11H11ClN2O3S. The van der Waals surface area contributed by atoms with Crippen LogP contribution >= 0.6 is 11.6 Å². The Bertz CT molecular complexity index is 652. The molecule has 18 heavy (non-hydrogen) atoms. The van der Waals surface area contributed by atoms with E-state index in [4.69, 9.17) is 16.0 Å². The minimum Gasteiger partial charge on any atom is -0.447 e. The molecule has 1 aromatic heterocycles. The third kappa shape index (κ3) is 2.72. The molecule has 2 aromatic rings. The van der Waals surface area contributed by atoms with E-state index in [1.54, 1.807) is 19.1 Å². The molecule has 0 amide bonds. The molecule has 0 bridgehead atoms. The van der Waals surface area contributed by atoms with E-state index in [0.29, 0.717) is 11.5 Å². The number of oxazole rings is 1. The highest BCUT2D eigenvalue weighted by Crippen LogP contribution is 2.20. The molecule has 0 aliphatic carbocycles. The van der Waals surface area contributed by atoms with Gasteiger partial charge in [0.2, 0.25) is 10.0 Å². The Morgan fingerprint density at radius 2 is 2.11 bits per heavy atom. The molecule has 0 fully saturated rings. The summed E-state index contributed by atoms with van der Waals surface area (Å²) in [6.45, 7) is 1.78. The van der Waals surface area contributed by atoms with Crippen LogP contribution in [0.25, 0.3) is 0 Å². The van der Waals surface area contributed by atoms with E-state index in [0.717, 1.165) is 0 Å². The van der Waals surface area contributed by atoms with Gasteiger partial charge in [0.25, 0.3) is 0 Å². The van der Waals surface area contributed by atoms with Gasteiger partial charge in [0, 0.05) is 0 Å². The third-order valence-corrected chi connectivity index (χ3v) is 4.29. The summed E-state index contributed by atoms with van der Waals surface area (Å²) >= 11 is 5.85. The summed E-state index contributed by atoms with van der Waals surface area (Å²) < 4.78 is 31.5. The van der Waals surface area contributed by atoms with E-state index in [-0.39, 0.29) is 16.5 Å². The molecule has 0 radical (unpaired) electrons. The predicted octanol–water partition coefficient (Wildman–Crippen LogP) is 2.11. The first-order valence-corrected chi connectivity index (χ1v) is 7.00. The molecule has 1 heterocycles. The van der Waals surface area contributed by atoms with Crippen molar-refractivity contribution < 1.29 is 12.8 Å². The summed E-state index contributed by atoms with van der Waals surface area (Å²) in [6, 6.07) is 6.25. The van der Waals surface area contributed by atoms with E-state index >= 15 is 0 Å². The SMILES string of the molecule is Cc1ncoc1CNS(=O)(=O)c1ccccc1Cl. The van der Waals surface area contributed by atoms with E-state index in [1.807, 2.05) is 0 Å². The molecular weight excluding hydrogens is 276 g/mol. The van der Waals surface area contributed by atoms with Gasteiger partial charge >= 0.3 is 0 Å². The first kappa shape index (κ1) is 13.1. The topological polar surface area (TPSA) is 72.2 Å². The van der Waals surface area contributed by atoms with E-state index in [2.05, 4.69) is 9.71 Å². The summed E-state index contributed by atoms with van der Waals surface area (Å²) in [5.41, 5.74) is 0.650. The van der Waals surface area contributed by atoms with Crippen LogP contribution in [0.15, 0.2) is 40.0 Å². The van der Waals surface area contributed by atoms with Crippen LogP contribution in [0.2, 0.25) is 5.02 Å². The summed E-state index contributed by atoms with van der Waals surface area (Å²) in [6.07, 6.45) is 1.27. The van der Waals surface area contributed by atoms with Crippen LogP contribution in [-0.2, 0) is 16.6 Å². The summed E-state index contributed by atoms with van der Waals surface area (Å²) in [4.78, 5) is 3.93. The van der Waals surface area contributed by atoms with Crippen molar-refractivity contribution in [1.82, 2.24) is 9.71 Å². The number of benzene rings is 1. The van der Waals surface area contributed by atoms with Crippen LogP contribution in [0.1, 0.15) is 11.5 Å². The van der Waals surface area contributed by atoms with Crippen molar-refractivity contribution in [2.75, 3.05) is 0 Å². The number of aryl methyl sites for hydroxylation is 1. The zero-order valence-electron chi connectivity index (χ0n) is 9.55. The monoisotopic (exact) mass is 286 g/mol. The van der Waals surface area contributed by atoms with Crippen LogP contribution in [0.4, 0.5) is 0 Å². The molecule has 1 aromatic carbocycles. The predicted molar refractivity (Wildman–Crippen MR) is 66.7 cm³/mol. The van der Waals surface area contributed by atoms with Crippen LogP contribution < -0.4 is 4.72 Å². The van der Waals surface area contributed by atoms with Crippen molar-refractivity contribution in [3.8, 4) is 0 Å². The van der Waals surface area contributed by atoms with Crippen molar-refractivity contribution in [1.29, 1.82) is 0 Å². The normalized spacial score (nSPS) is 11.7. The fourth-order valence-corrected chi connectivity index (χ4v) is 2.90. The Morgan fingerprint density at radius 3 is 2.72 bits per heavy atom. The summed E-state index contributed by atoms with van der Waals surface area (Å²) in [5.74, 6) is 0.477. The molecule has 0 aliphatic rings. The minimum absolute atomic E-state index is 0.0411. The highest BCUT2D eigenvalue weighted by Gasteiger charge is 2.18. The van der Waals surface area contributed by atoms with Gasteiger partial charge in [0.05, 0.1) is 17.3 Å². The second-order valence-corrected chi connectivity index (χ2v) is 5.76. The number of halogens is 1.